The zero-order valence-electron chi connectivity index (χ0n) is 23.2. The van der Waals surface area contributed by atoms with Crippen molar-refractivity contribution in [1.29, 1.82) is 0 Å². The molecule has 0 saturated heterocycles. The molecule has 0 aromatic heterocycles. The first kappa shape index (κ1) is 39.6. The van der Waals surface area contributed by atoms with E-state index in [-0.39, 0.29) is 62.2 Å². The maximum absolute atomic E-state index is 5.68. The molecule has 0 unspecified atom stereocenters. The fourth-order valence-corrected chi connectivity index (χ4v) is 3.49. The van der Waals surface area contributed by atoms with E-state index >= 15 is 0 Å². The molecule has 0 saturated carbocycles. The molecule has 0 N–H and O–H groups in total. The minimum absolute atomic E-state index is 0. The molecule has 200 valence electrons. The quantitative estimate of drug-likeness (QED) is 0.244. The molecule has 0 aliphatic carbocycles. The number of rotatable bonds is 14. The van der Waals surface area contributed by atoms with Gasteiger partial charge in [0.25, 0.3) is 0 Å². The Morgan fingerprint density at radius 2 is 0.914 bits per heavy atom. The van der Waals surface area contributed by atoms with Crippen molar-refractivity contribution in [2.45, 2.75) is 117 Å². The molecule has 0 bridgehead atoms. The van der Waals surface area contributed by atoms with Gasteiger partial charge in [-0.25, -0.2) is 12.1 Å². The Balaban J connectivity index is -0.000000539. The van der Waals surface area contributed by atoms with E-state index in [0.717, 1.165) is 13.2 Å². The van der Waals surface area contributed by atoms with Gasteiger partial charge in [0.1, 0.15) is 0 Å². The van der Waals surface area contributed by atoms with Gasteiger partial charge in [-0.05, 0) is 54.4 Å². The predicted molar refractivity (Wildman–Crippen MR) is 140 cm³/mol. The Morgan fingerprint density at radius 1 is 0.571 bits per heavy atom. The van der Waals surface area contributed by atoms with Crippen molar-refractivity contribution < 1.29 is 60.5 Å². The van der Waals surface area contributed by atoms with Crippen LogP contribution in [0.2, 0.25) is 0 Å². The van der Waals surface area contributed by atoms with Crippen molar-refractivity contribution in [2.24, 2.45) is 0 Å². The average Bonchev–Trinajstić information content (AvgIpc) is 3.39. The summed E-state index contributed by atoms with van der Waals surface area (Å²) < 4.78 is 11.4. The van der Waals surface area contributed by atoms with Crippen LogP contribution < -0.4 is 24.8 Å². The summed E-state index contributed by atoms with van der Waals surface area (Å²) in [4.78, 5) is 0. The van der Waals surface area contributed by atoms with Crippen molar-refractivity contribution in [1.82, 2.24) is 0 Å². The van der Waals surface area contributed by atoms with E-state index in [9.17, 15) is 0 Å². The number of aryl methyl sites for hydroxylation is 2. The topological polar surface area (TPSA) is 18.5 Å². The van der Waals surface area contributed by atoms with E-state index in [1.54, 1.807) is 0 Å². The van der Waals surface area contributed by atoms with Gasteiger partial charge in [-0.3, -0.25) is 0 Å². The van der Waals surface area contributed by atoms with Crippen molar-refractivity contribution in [3.8, 4) is 0 Å². The smallest absolute Gasteiger partial charge is 1.00 e. The van der Waals surface area contributed by atoms with Gasteiger partial charge >= 0.3 is 26.2 Å². The second kappa shape index (κ2) is 23.2. The molecule has 2 nitrogen and oxygen atoms in total. The monoisotopic (exact) mass is 602 g/mol. The maximum atomic E-state index is 5.68. The third-order valence-electron chi connectivity index (χ3n) is 5.25. The van der Waals surface area contributed by atoms with Crippen LogP contribution in [0.3, 0.4) is 0 Å². The summed E-state index contributed by atoms with van der Waals surface area (Å²) >= 11 is 0. The molecule has 0 heterocycles. The Bertz CT molecular complexity index is 583. The molecule has 0 aliphatic heterocycles. The van der Waals surface area contributed by atoms with Gasteiger partial charge in [0.05, 0.1) is 11.2 Å². The molecular formula is C30H50Cl2O2Zr. The molecule has 0 radical (unpaired) electrons. The average molecular weight is 605 g/mol. The minimum Gasteiger partial charge on any atom is -1.00 e. The third kappa shape index (κ3) is 26.9. The molecule has 35 heavy (non-hydrogen) atoms. The second-order valence-corrected chi connectivity index (χ2v) is 10.8. The Morgan fingerprint density at radius 3 is 1.20 bits per heavy atom. The molecule has 0 spiro atoms. The van der Waals surface area contributed by atoms with E-state index < -0.39 is 0 Å². The number of unbranched alkanes of at least 4 members (excludes halogenated alkanes) is 6. The Hall–Kier alpha value is 0.0831. The number of hydrogen-bond donors (Lipinski definition) is 0. The zero-order chi connectivity index (χ0) is 23.7. The molecule has 0 amide bonds. The number of ether oxygens (including phenoxy) is 2. The molecule has 0 atom stereocenters. The fraction of sp³-hybridized carbons (Fsp3) is 0.667. The van der Waals surface area contributed by atoms with Crippen LogP contribution in [-0.4, -0.2) is 24.4 Å². The molecule has 0 fully saturated rings. The molecule has 2 aromatic carbocycles. The van der Waals surface area contributed by atoms with E-state index in [0.29, 0.717) is 0 Å². The molecule has 0 aliphatic rings. The van der Waals surface area contributed by atoms with Gasteiger partial charge in [0.15, 0.2) is 0 Å². The summed E-state index contributed by atoms with van der Waals surface area (Å²) in [7, 11) is 0. The van der Waals surface area contributed by atoms with Crippen LogP contribution in [-0.2, 0) is 48.5 Å². The normalized spacial score (nSPS) is 10.9. The molecule has 5 heteroatoms. The predicted octanol–water partition coefficient (Wildman–Crippen LogP) is 2.65. The summed E-state index contributed by atoms with van der Waals surface area (Å²) in [6.45, 7) is 14.5. The van der Waals surface area contributed by atoms with Crippen LogP contribution in [0.5, 0.6) is 0 Å². The SMILES string of the molecule is CC(C)(C)OCCCCCCc1cc[cH-]c1.CC(C)(C)OCCCCCCc1cc[cH-]c1.[Cl-].[Cl-].[Zr+4]. The van der Waals surface area contributed by atoms with Crippen molar-refractivity contribution in [3.05, 3.63) is 59.7 Å². The van der Waals surface area contributed by atoms with Crippen molar-refractivity contribution in [2.75, 3.05) is 13.2 Å². The van der Waals surface area contributed by atoms with Gasteiger partial charge < -0.3 is 34.3 Å². The summed E-state index contributed by atoms with van der Waals surface area (Å²) in [5.41, 5.74) is 3.00. The van der Waals surface area contributed by atoms with Crippen LogP contribution in [0.1, 0.15) is 104 Å². The first-order valence-corrected chi connectivity index (χ1v) is 12.8. The van der Waals surface area contributed by atoms with Crippen LogP contribution in [0.4, 0.5) is 0 Å². The Labute approximate surface area is 249 Å². The molecule has 2 aromatic rings. The first-order chi connectivity index (χ1) is 15.2. The summed E-state index contributed by atoms with van der Waals surface area (Å²) in [5.74, 6) is 0. The van der Waals surface area contributed by atoms with Crippen LogP contribution >= 0.6 is 0 Å². The van der Waals surface area contributed by atoms with Gasteiger partial charge in [0, 0.05) is 13.2 Å². The largest absolute Gasteiger partial charge is 4.00 e. The zero-order valence-corrected chi connectivity index (χ0v) is 27.1. The summed E-state index contributed by atoms with van der Waals surface area (Å²) in [5, 5.41) is 0. The summed E-state index contributed by atoms with van der Waals surface area (Å²) in [6, 6.07) is 17.3. The van der Waals surface area contributed by atoms with Gasteiger partial charge in [0.2, 0.25) is 0 Å². The van der Waals surface area contributed by atoms with E-state index in [1.807, 2.05) is 0 Å². The van der Waals surface area contributed by atoms with Gasteiger partial charge in [-0.15, -0.1) is 0 Å². The van der Waals surface area contributed by atoms with Crippen molar-refractivity contribution >= 4 is 0 Å². The molecule has 2 rings (SSSR count). The first-order valence-electron chi connectivity index (χ1n) is 12.8. The van der Waals surface area contributed by atoms with Gasteiger partial charge in [-0.1, -0.05) is 51.4 Å². The Kier molecular flexibility index (Phi) is 26.3. The standard InChI is InChI=1S/2C15H25O.2ClH.Zr/c2*1-15(2,3)16-13-9-5-4-6-10-14-11-7-8-12-14;;;/h2*7-8,11-12H,4-6,9-10,13H2,1-3H3;2*1H;/q2*-1;;;+4/p-2. The van der Waals surface area contributed by atoms with Crippen LogP contribution in [0.15, 0.2) is 48.5 Å². The van der Waals surface area contributed by atoms with E-state index in [1.165, 1.54) is 75.3 Å². The fourth-order valence-electron chi connectivity index (χ4n) is 3.49. The summed E-state index contributed by atoms with van der Waals surface area (Å²) in [6.07, 6.45) is 12.7. The molecular weight excluding hydrogens is 554 g/mol. The van der Waals surface area contributed by atoms with Crippen LogP contribution in [0, 0.1) is 0 Å². The van der Waals surface area contributed by atoms with Crippen molar-refractivity contribution in [3.63, 3.8) is 0 Å². The third-order valence-corrected chi connectivity index (χ3v) is 5.25. The second-order valence-electron chi connectivity index (χ2n) is 10.8. The van der Waals surface area contributed by atoms with Gasteiger partial charge in [-0.2, -0.15) is 47.5 Å². The number of hydrogen-bond acceptors (Lipinski definition) is 2. The number of halogens is 2. The van der Waals surface area contributed by atoms with Crippen LogP contribution in [0.25, 0.3) is 0 Å². The minimum atomic E-state index is 0. The van der Waals surface area contributed by atoms with E-state index in [4.69, 9.17) is 9.47 Å². The van der Waals surface area contributed by atoms with E-state index in [2.05, 4.69) is 90.1 Å². The maximum Gasteiger partial charge on any atom is 4.00 e.